The fraction of sp³-hybridized carbons (Fsp3) is 0.182. The molecular weight excluding hydrogens is 375 g/mol. The van der Waals surface area contributed by atoms with Gasteiger partial charge in [0.25, 0.3) is 0 Å². The number of halogens is 1. The van der Waals surface area contributed by atoms with Crippen molar-refractivity contribution in [3.05, 3.63) is 91.0 Å². The maximum atomic E-state index is 3.76. The summed E-state index contributed by atoms with van der Waals surface area (Å²) in [6, 6.07) is 33.3. The van der Waals surface area contributed by atoms with Crippen molar-refractivity contribution in [3.63, 3.8) is 0 Å². The second kappa shape index (κ2) is 8.10. The van der Waals surface area contributed by atoms with E-state index in [2.05, 4.69) is 114 Å². The smallest absolute Gasteiger partial charge is 0.0892 e. The Balaban J connectivity index is 2.24. The lowest BCUT2D eigenvalue weighted by Crippen LogP contribution is -2.33. The summed E-state index contributed by atoms with van der Waals surface area (Å²) in [5, 5.41) is 4.40. The van der Waals surface area contributed by atoms with Crippen LogP contribution in [-0.4, -0.2) is 11.0 Å². The predicted molar refractivity (Wildman–Crippen MR) is 113 cm³/mol. The van der Waals surface area contributed by atoms with Crippen LogP contribution in [0.1, 0.15) is 13.3 Å². The van der Waals surface area contributed by atoms with Crippen molar-refractivity contribution in [1.29, 1.82) is 0 Å². The van der Waals surface area contributed by atoms with Crippen molar-refractivity contribution >= 4 is 39.1 Å². The van der Waals surface area contributed by atoms with Gasteiger partial charge in [-0.2, -0.15) is 0 Å². The summed E-state index contributed by atoms with van der Waals surface area (Å²) in [4.78, 5) is 0.521. The van der Waals surface area contributed by atoms with Crippen LogP contribution in [0.25, 0.3) is 0 Å². The molecule has 0 saturated carbocycles. The second-order valence-electron chi connectivity index (χ2n) is 6.11. The van der Waals surface area contributed by atoms with Gasteiger partial charge in [0.05, 0.1) is 6.16 Å². The highest BCUT2D eigenvalue weighted by atomic mass is 79.9. The van der Waals surface area contributed by atoms with Crippen LogP contribution in [-0.2, 0) is 0 Å². The molecule has 0 amide bonds. The number of hydrogen-bond acceptors (Lipinski definition) is 0. The first-order chi connectivity index (χ1) is 11.7. The summed E-state index contributed by atoms with van der Waals surface area (Å²) in [5.41, 5.74) is 0. The Kier molecular flexibility index (Phi) is 5.87. The lowest BCUT2D eigenvalue weighted by Gasteiger charge is -2.28. The van der Waals surface area contributed by atoms with E-state index in [-0.39, 0.29) is 0 Å². The van der Waals surface area contributed by atoms with Gasteiger partial charge in [-0.05, 0) is 42.8 Å². The van der Waals surface area contributed by atoms with Crippen LogP contribution in [0, 0.1) is 0 Å². The average molecular weight is 398 g/mol. The number of benzene rings is 3. The summed E-state index contributed by atoms with van der Waals surface area (Å²) in [5.74, 6) is 0. The zero-order valence-electron chi connectivity index (χ0n) is 14.0. The molecule has 0 aromatic heterocycles. The molecule has 3 rings (SSSR count). The van der Waals surface area contributed by atoms with Gasteiger partial charge in [0.15, 0.2) is 0 Å². The summed E-state index contributed by atoms with van der Waals surface area (Å²) >= 11 is 3.76. The van der Waals surface area contributed by atoms with E-state index in [9.17, 15) is 0 Å². The van der Waals surface area contributed by atoms with Crippen LogP contribution in [0.15, 0.2) is 91.0 Å². The third-order valence-corrected chi connectivity index (χ3v) is 9.38. The molecular formula is C22H23BrP+. The second-order valence-corrected chi connectivity index (χ2v) is 11.3. The van der Waals surface area contributed by atoms with Gasteiger partial charge in [-0.25, -0.2) is 0 Å². The van der Waals surface area contributed by atoms with E-state index in [0.29, 0.717) is 4.83 Å². The van der Waals surface area contributed by atoms with Gasteiger partial charge in [0.2, 0.25) is 0 Å². The SMILES string of the molecule is CC(Br)CC[P+](c1ccccc1)(c1ccccc1)c1ccccc1. The first-order valence-electron chi connectivity index (χ1n) is 8.42. The largest absolute Gasteiger partial charge is 0.112 e. The van der Waals surface area contributed by atoms with Crippen molar-refractivity contribution in [2.45, 2.75) is 18.2 Å². The van der Waals surface area contributed by atoms with E-state index < -0.39 is 7.26 Å². The Hall–Kier alpha value is -1.43. The maximum absolute atomic E-state index is 3.76. The molecule has 2 heteroatoms. The Morgan fingerprint density at radius 1 is 0.667 bits per heavy atom. The van der Waals surface area contributed by atoms with Crippen molar-refractivity contribution < 1.29 is 0 Å². The minimum absolute atomic E-state index is 0.521. The topological polar surface area (TPSA) is 0 Å². The molecule has 0 spiro atoms. The lowest BCUT2D eigenvalue weighted by atomic mass is 10.3. The van der Waals surface area contributed by atoms with Gasteiger partial charge >= 0.3 is 0 Å². The van der Waals surface area contributed by atoms with E-state index in [4.69, 9.17) is 0 Å². The molecule has 24 heavy (non-hydrogen) atoms. The van der Waals surface area contributed by atoms with Gasteiger partial charge in [-0.1, -0.05) is 77.5 Å². The first kappa shape index (κ1) is 17.4. The highest BCUT2D eigenvalue weighted by Crippen LogP contribution is 2.56. The molecule has 0 aliphatic rings. The molecule has 0 saturated heterocycles. The maximum Gasteiger partial charge on any atom is 0.112 e. The molecule has 0 nitrogen and oxygen atoms in total. The lowest BCUT2D eigenvalue weighted by molar-refractivity contribution is 0.928. The minimum atomic E-state index is -1.64. The Morgan fingerprint density at radius 2 is 1.00 bits per heavy atom. The van der Waals surface area contributed by atoms with Crippen LogP contribution in [0.4, 0.5) is 0 Å². The van der Waals surface area contributed by atoms with Gasteiger partial charge in [0, 0.05) is 4.83 Å². The normalized spacial score (nSPS) is 12.8. The fourth-order valence-corrected chi connectivity index (χ4v) is 8.32. The molecule has 3 aromatic carbocycles. The highest BCUT2D eigenvalue weighted by Gasteiger charge is 2.44. The van der Waals surface area contributed by atoms with Crippen LogP contribution in [0.2, 0.25) is 0 Å². The van der Waals surface area contributed by atoms with Crippen LogP contribution < -0.4 is 15.9 Å². The Bertz CT molecular complexity index is 642. The van der Waals surface area contributed by atoms with E-state index in [1.165, 1.54) is 22.1 Å². The molecule has 0 radical (unpaired) electrons. The molecule has 1 atom stereocenters. The molecule has 0 aliphatic heterocycles. The van der Waals surface area contributed by atoms with E-state index >= 15 is 0 Å². The third kappa shape index (κ3) is 3.63. The van der Waals surface area contributed by atoms with Crippen LogP contribution in [0.5, 0.6) is 0 Å². The monoisotopic (exact) mass is 397 g/mol. The fourth-order valence-electron chi connectivity index (χ4n) is 3.25. The van der Waals surface area contributed by atoms with Crippen LogP contribution >= 0.6 is 23.2 Å². The van der Waals surface area contributed by atoms with Crippen LogP contribution in [0.3, 0.4) is 0 Å². The molecule has 0 heterocycles. The molecule has 0 bridgehead atoms. The molecule has 0 fully saturated rings. The molecule has 0 N–H and O–H groups in total. The number of hydrogen-bond donors (Lipinski definition) is 0. The number of alkyl halides is 1. The zero-order chi connectivity index (χ0) is 16.8. The zero-order valence-corrected chi connectivity index (χ0v) is 16.5. The van der Waals surface area contributed by atoms with Gasteiger partial charge in [0.1, 0.15) is 23.2 Å². The van der Waals surface area contributed by atoms with Gasteiger partial charge in [-0.15, -0.1) is 0 Å². The predicted octanol–water partition coefficient (Wildman–Crippen LogP) is 5.15. The highest BCUT2D eigenvalue weighted by molar-refractivity contribution is 9.09. The first-order valence-corrected chi connectivity index (χ1v) is 11.3. The third-order valence-electron chi connectivity index (χ3n) is 4.45. The average Bonchev–Trinajstić information content (AvgIpc) is 2.65. The van der Waals surface area contributed by atoms with E-state index in [1.54, 1.807) is 0 Å². The van der Waals surface area contributed by atoms with E-state index in [0.717, 1.165) is 6.42 Å². The van der Waals surface area contributed by atoms with Crippen molar-refractivity contribution in [2.75, 3.05) is 6.16 Å². The quantitative estimate of drug-likeness (QED) is 0.398. The minimum Gasteiger partial charge on any atom is -0.0892 e. The van der Waals surface area contributed by atoms with E-state index in [1.807, 2.05) is 0 Å². The summed E-state index contributed by atoms with van der Waals surface area (Å²) in [6.07, 6.45) is 2.34. The summed E-state index contributed by atoms with van der Waals surface area (Å²) < 4.78 is 0. The molecule has 122 valence electrons. The Labute approximate surface area is 154 Å². The summed E-state index contributed by atoms with van der Waals surface area (Å²) in [7, 11) is -1.64. The Morgan fingerprint density at radius 3 is 1.29 bits per heavy atom. The van der Waals surface area contributed by atoms with Crippen molar-refractivity contribution in [3.8, 4) is 0 Å². The molecule has 0 aliphatic carbocycles. The van der Waals surface area contributed by atoms with Gasteiger partial charge in [-0.3, -0.25) is 0 Å². The summed E-state index contributed by atoms with van der Waals surface area (Å²) in [6.45, 7) is 2.25. The number of rotatable bonds is 6. The van der Waals surface area contributed by atoms with Crippen molar-refractivity contribution in [2.24, 2.45) is 0 Å². The van der Waals surface area contributed by atoms with Crippen molar-refractivity contribution in [1.82, 2.24) is 0 Å². The molecule has 3 aromatic rings. The molecule has 1 unspecified atom stereocenters. The van der Waals surface area contributed by atoms with Gasteiger partial charge < -0.3 is 0 Å². The standard InChI is InChI=1S/C22H23BrP/c1-19(23)17-18-24(20-11-5-2-6-12-20,21-13-7-3-8-14-21)22-15-9-4-10-16-22/h2-16,19H,17-18H2,1H3/q+1.